The number of hydrogen-bond donors (Lipinski definition) is 2. The number of halogens is 1. The van der Waals surface area contributed by atoms with Crippen LogP contribution in [0.5, 0.6) is 5.75 Å². The van der Waals surface area contributed by atoms with Gasteiger partial charge in [0.05, 0.1) is 24.8 Å². The van der Waals surface area contributed by atoms with E-state index in [1.165, 1.54) is 23.3 Å². The number of amides is 1. The van der Waals surface area contributed by atoms with E-state index in [1.807, 2.05) is 13.0 Å². The molecular formula is C21H23BrN2O4S2. The zero-order valence-electron chi connectivity index (χ0n) is 17.0. The number of nitrogens with one attached hydrogen (secondary N) is 2. The van der Waals surface area contributed by atoms with Gasteiger partial charge in [-0.15, -0.1) is 11.3 Å². The lowest BCUT2D eigenvalue weighted by atomic mass is 9.95. The van der Waals surface area contributed by atoms with Crippen molar-refractivity contribution >= 4 is 61.5 Å². The summed E-state index contributed by atoms with van der Waals surface area (Å²) >= 11 is 10.3. The normalized spacial score (nSPS) is 12.7. The molecule has 0 unspecified atom stereocenters. The Morgan fingerprint density at radius 1 is 1.27 bits per heavy atom. The molecule has 160 valence electrons. The molecule has 0 saturated carbocycles. The van der Waals surface area contributed by atoms with Crippen molar-refractivity contribution in [3.05, 3.63) is 43.7 Å². The standard InChI is InChI=1S/C21H23BrN2O4S2/c1-4-28-20(26)16-13-7-5-6-8-15(13)30-19(16)24-21(29)23-18(25)14-10-12(22)9-11(2)17(14)27-3/h9-10H,4-8H2,1-3H3,(H2,23,24,25,29). The monoisotopic (exact) mass is 510 g/mol. The summed E-state index contributed by atoms with van der Waals surface area (Å²) < 4.78 is 11.4. The highest BCUT2D eigenvalue weighted by atomic mass is 79.9. The number of benzene rings is 1. The van der Waals surface area contributed by atoms with Crippen molar-refractivity contribution < 1.29 is 19.1 Å². The number of thiophene rings is 1. The van der Waals surface area contributed by atoms with Crippen LogP contribution in [0.15, 0.2) is 16.6 Å². The average Bonchev–Trinajstić information content (AvgIpc) is 3.05. The van der Waals surface area contributed by atoms with Crippen molar-refractivity contribution in [3.63, 3.8) is 0 Å². The van der Waals surface area contributed by atoms with Gasteiger partial charge in [-0.25, -0.2) is 4.79 Å². The molecule has 2 aromatic rings. The van der Waals surface area contributed by atoms with Crippen LogP contribution < -0.4 is 15.4 Å². The van der Waals surface area contributed by atoms with E-state index in [9.17, 15) is 9.59 Å². The van der Waals surface area contributed by atoms with Gasteiger partial charge in [-0.3, -0.25) is 10.1 Å². The molecule has 1 aliphatic rings. The van der Waals surface area contributed by atoms with Crippen molar-refractivity contribution in [2.75, 3.05) is 19.0 Å². The Balaban J connectivity index is 1.82. The van der Waals surface area contributed by atoms with E-state index in [-0.39, 0.29) is 11.1 Å². The van der Waals surface area contributed by atoms with E-state index < -0.39 is 5.91 Å². The summed E-state index contributed by atoms with van der Waals surface area (Å²) in [6, 6.07) is 3.55. The Kier molecular flexibility index (Phi) is 7.49. The first-order valence-corrected chi connectivity index (χ1v) is 11.7. The second-order valence-corrected chi connectivity index (χ2v) is 9.28. The fourth-order valence-electron chi connectivity index (χ4n) is 3.55. The summed E-state index contributed by atoms with van der Waals surface area (Å²) in [6.07, 6.45) is 3.91. The minimum atomic E-state index is -0.396. The first-order chi connectivity index (χ1) is 14.3. The van der Waals surface area contributed by atoms with Gasteiger partial charge in [-0.1, -0.05) is 15.9 Å². The fraction of sp³-hybridized carbons (Fsp3) is 0.381. The maximum Gasteiger partial charge on any atom is 0.341 e. The molecular weight excluding hydrogens is 488 g/mol. The van der Waals surface area contributed by atoms with Crippen molar-refractivity contribution in [3.8, 4) is 5.75 Å². The van der Waals surface area contributed by atoms with Crippen LogP contribution >= 0.6 is 39.5 Å². The van der Waals surface area contributed by atoms with E-state index in [0.29, 0.717) is 28.5 Å². The third-order valence-corrected chi connectivity index (χ3v) is 6.66. The molecule has 1 heterocycles. The number of ether oxygens (including phenoxy) is 2. The van der Waals surface area contributed by atoms with Gasteiger partial charge in [-0.05, 0) is 75.0 Å². The minimum Gasteiger partial charge on any atom is -0.496 e. The SMILES string of the molecule is CCOC(=O)c1c(NC(=S)NC(=O)c2cc(Br)cc(C)c2OC)sc2c1CCCC2. The first kappa shape index (κ1) is 22.7. The number of rotatable bonds is 5. The highest BCUT2D eigenvalue weighted by Crippen LogP contribution is 2.38. The molecule has 30 heavy (non-hydrogen) atoms. The number of carbonyl (C=O) groups is 2. The van der Waals surface area contributed by atoms with Crippen LogP contribution in [0.4, 0.5) is 5.00 Å². The van der Waals surface area contributed by atoms with Crippen molar-refractivity contribution in [2.45, 2.75) is 39.5 Å². The lowest BCUT2D eigenvalue weighted by molar-refractivity contribution is 0.0526. The molecule has 0 atom stereocenters. The Hall–Kier alpha value is -1.97. The Labute approximate surface area is 193 Å². The second kappa shape index (κ2) is 9.89. The largest absolute Gasteiger partial charge is 0.496 e. The molecule has 1 aromatic carbocycles. The van der Waals surface area contributed by atoms with Crippen molar-refractivity contribution in [2.24, 2.45) is 0 Å². The van der Waals surface area contributed by atoms with Gasteiger partial charge in [-0.2, -0.15) is 0 Å². The Bertz CT molecular complexity index is 1000. The number of fused-ring (bicyclic) bond motifs is 1. The predicted molar refractivity (Wildman–Crippen MR) is 126 cm³/mol. The van der Waals surface area contributed by atoms with E-state index in [2.05, 4.69) is 26.6 Å². The lowest BCUT2D eigenvalue weighted by Gasteiger charge is -2.14. The number of aryl methyl sites for hydroxylation is 2. The van der Waals surface area contributed by atoms with E-state index in [4.69, 9.17) is 21.7 Å². The Morgan fingerprint density at radius 2 is 2.00 bits per heavy atom. The molecule has 3 rings (SSSR count). The maximum absolute atomic E-state index is 12.8. The smallest absolute Gasteiger partial charge is 0.341 e. The van der Waals surface area contributed by atoms with Gasteiger partial charge < -0.3 is 14.8 Å². The van der Waals surface area contributed by atoms with Gasteiger partial charge >= 0.3 is 5.97 Å². The third kappa shape index (κ3) is 4.84. The zero-order chi connectivity index (χ0) is 21.8. The van der Waals surface area contributed by atoms with Crippen LogP contribution in [0.1, 0.15) is 56.5 Å². The van der Waals surface area contributed by atoms with E-state index in [0.717, 1.165) is 41.3 Å². The molecule has 0 radical (unpaired) electrons. The maximum atomic E-state index is 12.8. The lowest BCUT2D eigenvalue weighted by Crippen LogP contribution is -2.34. The summed E-state index contributed by atoms with van der Waals surface area (Å²) in [5, 5.41) is 6.46. The molecule has 9 heteroatoms. The number of hydrogen-bond acceptors (Lipinski definition) is 6. The van der Waals surface area contributed by atoms with E-state index in [1.54, 1.807) is 13.0 Å². The van der Waals surface area contributed by atoms with Gasteiger partial charge in [0, 0.05) is 9.35 Å². The zero-order valence-corrected chi connectivity index (χ0v) is 20.2. The van der Waals surface area contributed by atoms with Crippen molar-refractivity contribution in [1.29, 1.82) is 0 Å². The number of thiocarbonyl (C=S) groups is 1. The molecule has 1 aliphatic carbocycles. The van der Waals surface area contributed by atoms with Crippen LogP contribution in [0.3, 0.4) is 0 Å². The van der Waals surface area contributed by atoms with Gasteiger partial charge in [0.25, 0.3) is 5.91 Å². The van der Waals surface area contributed by atoms with Gasteiger partial charge in [0.15, 0.2) is 5.11 Å². The first-order valence-electron chi connectivity index (χ1n) is 9.63. The quantitative estimate of drug-likeness (QED) is 0.434. The average molecular weight is 511 g/mol. The van der Waals surface area contributed by atoms with Crippen LogP contribution in [0.2, 0.25) is 0 Å². The number of carbonyl (C=O) groups excluding carboxylic acids is 2. The number of methoxy groups -OCH3 is 1. The summed E-state index contributed by atoms with van der Waals surface area (Å²) in [5.41, 5.74) is 2.76. The third-order valence-electron chi connectivity index (χ3n) is 4.79. The molecule has 1 aromatic heterocycles. The topological polar surface area (TPSA) is 76.7 Å². The van der Waals surface area contributed by atoms with Crippen LogP contribution in [-0.2, 0) is 17.6 Å². The highest BCUT2D eigenvalue weighted by molar-refractivity contribution is 9.10. The number of anilines is 1. The van der Waals surface area contributed by atoms with Crippen LogP contribution in [-0.4, -0.2) is 30.7 Å². The summed E-state index contributed by atoms with van der Waals surface area (Å²) in [5.74, 6) is -0.275. The molecule has 0 aliphatic heterocycles. The predicted octanol–water partition coefficient (Wildman–Crippen LogP) is 5.01. The molecule has 2 N–H and O–H groups in total. The summed E-state index contributed by atoms with van der Waals surface area (Å²) in [4.78, 5) is 26.6. The summed E-state index contributed by atoms with van der Waals surface area (Å²) in [7, 11) is 1.52. The van der Waals surface area contributed by atoms with Gasteiger partial charge in [0.1, 0.15) is 10.8 Å². The summed E-state index contributed by atoms with van der Waals surface area (Å²) in [6.45, 7) is 3.94. The van der Waals surface area contributed by atoms with Gasteiger partial charge in [0.2, 0.25) is 0 Å². The van der Waals surface area contributed by atoms with Crippen molar-refractivity contribution in [1.82, 2.24) is 5.32 Å². The minimum absolute atomic E-state index is 0.115. The second-order valence-electron chi connectivity index (χ2n) is 6.85. The molecule has 6 nitrogen and oxygen atoms in total. The molecule has 0 bridgehead atoms. The number of esters is 1. The fourth-order valence-corrected chi connectivity index (χ4v) is 5.66. The molecule has 0 spiro atoms. The van der Waals surface area contributed by atoms with E-state index >= 15 is 0 Å². The molecule has 0 saturated heterocycles. The van der Waals surface area contributed by atoms with Crippen LogP contribution in [0.25, 0.3) is 0 Å². The molecule has 1 amide bonds. The Morgan fingerprint density at radius 3 is 2.70 bits per heavy atom. The van der Waals surface area contributed by atoms with Crippen LogP contribution in [0, 0.1) is 6.92 Å². The highest BCUT2D eigenvalue weighted by Gasteiger charge is 2.27. The molecule has 0 fully saturated rings.